The lowest BCUT2D eigenvalue weighted by molar-refractivity contribution is 0.566. The molecule has 6 heteroatoms. The summed E-state index contributed by atoms with van der Waals surface area (Å²) in [6.07, 6.45) is 0. The highest BCUT2D eigenvalue weighted by atomic mass is 32.1. The van der Waals surface area contributed by atoms with Gasteiger partial charge in [-0.1, -0.05) is 31.3 Å². The quantitative estimate of drug-likeness (QED) is 0.917. The molecule has 19 heavy (non-hydrogen) atoms. The highest BCUT2D eigenvalue weighted by Crippen LogP contribution is 2.27. The van der Waals surface area contributed by atoms with Crippen LogP contribution in [0.25, 0.3) is 0 Å². The molecule has 0 aliphatic heterocycles. The topological polar surface area (TPSA) is 37.8 Å². The van der Waals surface area contributed by atoms with E-state index in [2.05, 4.69) is 15.5 Å². The Hall–Kier alpha value is -1.56. The third-order valence-corrected chi connectivity index (χ3v) is 3.86. The summed E-state index contributed by atoms with van der Waals surface area (Å²) in [6, 6.07) is 3.27. The van der Waals surface area contributed by atoms with Crippen molar-refractivity contribution in [1.82, 2.24) is 10.2 Å². The van der Waals surface area contributed by atoms with Crippen molar-refractivity contribution in [2.45, 2.75) is 32.7 Å². The maximum absolute atomic E-state index is 13.6. The monoisotopic (exact) mass is 283 g/mol. The van der Waals surface area contributed by atoms with E-state index in [1.54, 1.807) is 6.92 Å². The van der Waals surface area contributed by atoms with E-state index in [0.717, 1.165) is 11.1 Å². The van der Waals surface area contributed by atoms with Gasteiger partial charge in [0.1, 0.15) is 16.6 Å². The molecule has 0 aliphatic rings. The normalized spacial score (nSPS) is 12.7. The van der Waals surface area contributed by atoms with E-state index in [1.807, 2.05) is 13.8 Å². The van der Waals surface area contributed by atoms with Gasteiger partial charge in [-0.05, 0) is 13.0 Å². The van der Waals surface area contributed by atoms with E-state index >= 15 is 0 Å². The average Bonchev–Trinajstić information content (AvgIpc) is 2.77. The van der Waals surface area contributed by atoms with E-state index in [4.69, 9.17) is 0 Å². The Kier molecular flexibility index (Phi) is 4.09. The smallest absolute Gasteiger partial charge is 0.206 e. The van der Waals surface area contributed by atoms with Gasteiger partial charge in [0.25, 0.3) is 0 Å². The second-order valence-corrected chi connectivity index (χ2v) is 5.64. The van der Waals surface area contributed by atoms with Gasteiger partial charge in [0.15, 0.2) is 0 Å². The molecule has 0 radical (unpaired) electrons. The third kappa shape index (κ3) is 3.26. The van der Waals surface area contributed by atoms with Gasteiger partial charge < -0.3 is 5.32 Å². The van der Waals surface area contributed by atoms with Crippen molar-refractivity contribution >= 4 is 16.5 Å². The fourth-order valence-corrected chi connectivity index (χ4v) is 2.47. The summed E-state index contributed by atoms with van der Waals surface area (Å²) in [5.74, 6) is -0.828. The van der Waals surface area contributed by atoms with Crippen LogP contribution in [0.2, 0.25) is 0 Å². The maximum atomic E-state index is 13.6. The first-order chi connectivity index (χ1) is 8.97. The Bertz CT molecular complexity index is 569. The van der Waals surface area contributed by atoms with Gasteiger partial charge >= 0.3 is 0 Å². The first-order valence-corrected chi connectivity index (χ1v) is 6.84. The molecule has 0 saturated carbocycles. The second-order valence-electron chi connectivity index (χ2n) is 4.63. The molecule has 1 aromatic heterocycles. The summed E-state index contributed by atoms with van der Waals surface area (Å²) in [5.41, 5.74) is 0.405. The Balaban J connectivity index is 2.13. The number of benzene rings is 1. The van der Waals surface area contributed by atoms with Crippen molar-refractivity contribution in [1.29, 1.82) is 0 Å². The first kappa shape index (κ1) is 13.9. The van der Waals surface area contributed by atoms with Gasteiger partial charge in [0.05, 0.1) is 6.04 Å². The molecule has 0 fully saturated rings. The SMILES string of the molecule is CC(C)c1nnc(NC(C)c2ccc(F)cc2F)s1. The van der Waals surface area contributed by atoms with Crippen LogP contribution in [0.1, 0.15) is 43.3 Å². The van der Waals surface area contributed by atoms with Crippen molar-refractivity contribution in [3.05, 3.63) is 40.4 Å². The fourth-order valence-electron chi connectivity index (χ4n) is 1.64. The van der Waals surface area contributed by atoms with Gasteiger partial charge in [0.2, 0.25) is 5.13 Å². The van der Waals surface area contributed by atoms with Gasteiger partial charge in [-0.2, -0.15) is 0 Å². The molecule has 0 amide bonds. The summed E-state index contributed by atoms with van der Waals surface area (Å²) in [6.45, 7) is 5.87. The van der Waals surface area contributed by atoms with Crippen LogP contribution in [-0.4, -0.2) is 10.2 Å². The lowest BCUT2D eigenvalue weighted by Gasteiger charge is -2.13. The summed E-state index contributed by atoms with van der Waals surface area (Å²) in [5, 5.41) is 12.7. The molecule has 0 saturated heterocycles. The number of rotatable bonds is 4. The van der Waals surface area contributed by atoms with E-state index in [9.17, 15) is 8.78 Å². The van der Waals surface area contributed by atoms with Gasteiger partial charge in [-0.25, -0.2) is 8.78 Å². The maximum Gasteiger partial charge on any atom is 0.206 e. The number of hydrogen-bond acceptors (Lipinski definition) is 4. The Morgan fingerprint density at radius 2 is 1.89 bits per heavy atom. The molecule has 1 aromatic carbocycles. The van der Waals surface area contributed by atoms with Crippen molar-refractivity contribution in [2.24, 2.45) is 0 Å². The Labute approximate surface area is 114 Å². The van der Waals surface area contributed by atoms with Crippen LogP contribution >= 0.6 is 11.3 Å². The molecule has 0 bridgehead atoms. The first-order valence-electron chi connectivity index (χ1n) is 6.02. The van der Waals surface area contributed by atoms with E-state index in [-0.39, 0.29) is 6.04 Å². The molecule has 1 heterocycles. The van der Waals surface area contributed by atoms with Gasteiger partial charge in [0, 0.05) is 17.5 Å². The predicted octanol–water partition coefficient (Wildman–Crippen LogP) is 4.11. The van der Waals surface area contributed by atoms with Crippen LogP contribution in [0.5, 0.6) is 0 Å². The molecule has 102 valence electrons. The molecular formula is C13H15F2N3S. The van der Waals surface area contributed by atoms with Crippen LogP contribution < -0.4 is 5.32 Å². The minimum absolute atomic E-state index is 0.298. The molecular weight excluding hydrogens is 268 g/mol. The molecule has 2 rings (SSSR count). The zero-order chi connectivity index (χ0) is 14.0. The molecule has 2 aromatic rings. The number of hydrogen-bond donors (Lipinski definition) is 1. The molecule has 0 spiro atoms. The second kappa shape index (κ2) is 5.61. The van der Waals surface area contributed by atoms with E-state index < -0.39 is 11.6 Å². The third-order valence-electron chi connectivity index (χ3n) is 2.70. The van der Waals surface area contributed by atoms with Gasteiger partial charge in [-0.3, -0.25) is 0 Å². The van der Waals surface area contributed by atoms with Crippen LogP contribution in [0, 0.1) is 11.6 Å². The summed E-state index contributed by atoms with van der Waals surface area (Å²) in [7, 11) is 0. The van der Waals surface area contributed by atoms with Crippen LogP contribution in [-0.2, 0) is 0 Å². The lowest BCUT2D eigenvalue weighted by atomic mass is 10.1. The fraction of sp³-hybridized carbons (Fsp3) is 0.385. The predicted molar refractivity (Wildman–Crippen MR) is 72.4 cm³/mol. The lowest BCUT2D eigenvalue weighted by Crippen LogP contribution is -2.08. The number of aromatic nitrogens is 2. The minimum atomic E-state index is -0.577. The van der Waals surface area contributed by atoms with Crippen LogP contribution in [0.4, 0.5) is 13.9 Å². The molecule has 3 nitrogen and oxygen atoms in total. The van der Waals surface area contributed by atoms with Crippen LogP contribution in [0.15, 0.2) is 18.2 Å². The summed E-state index contributed by atoms with van der Waals surface area (Å²) in [4.78, 5) is 0. The van der Waals surface area contributed by atoms with Gasteiger partial charge in [-0.15, -0.1) is 10.2 Å². The zero-order valence-corrected chi connectivity index (χ0v) is 11.8. The summed E-state index contributed by atoms with van der Waals surface area (Å²) >= 11 is 1.44. The molecule has 1 N–H and O–H groups in total. The largest absolute Gasteiger partial charge is 0.353 e. The van der Waals surface area contributed by atoms with E-state index in [1.165, 1.54) is 23.5 Å². The Morgan fingerprint density at radius 3 is 2.47 bits per heavy atom. The Morgan fingerprint density at radius 1 is 1.16 bits per heavy atom. The standard InChI is InChI=1S/C13H15F2N3S/c1-7(2)12-17-18-13(19-12)16-8(3)10-5-4-9(14)6-11(10)15/h4-8H,1-3H3,(H,16,18). The highest BCUT2D eigenvalue weighted by Gasteiger charge is 2.14. The summed E-state index contributed by atoms with van der Waals surface area (Å²) < 4.78 is 26.5. The minimum Gasteiger partial charge on any atom is -0.353 e. The van der Waals surface area contributed by atoms with E-state index in [0.29, 0.717) is 16.6 Å². The van der Waals surface area contributed by atoms with Crippen LogP contribution in [0.3, 0.4) is 0 Å². The van der Waals surface area contributed by atoms with Crippen molar-refractivity contribution < 1.29 is 8.78 Å². The molecule has 0 aliphatic carbocycles. The van der Waals surface area contributed by atoms with Crippen molar-refractivity contribution in [3.8, 4) is 0 Å². The zero-order valence-electron chi connectivity index (χ0n) is 10.9. The molecule has 1 unspecified atom stereocenters. The number of halogens is 2. The van der Waals surface area contributed by atoms with Crippen molar-refractivity contribution in [2.75, 3.05) is 5.32 Å². The highest BCUT2D eigenvalue weighted by molar-refractivity contribution is 7.15. The number of anilines is 1. The average molecular weight is 283 g/mol. The molecule has 1 atom stereocenters. The van der Waals surface area contributed by atoms with Crippen molar-refractivity contribution in [3.63, 3.8) is 0 Å². The number of nitrogens with one attached hydrogen (secondary N) is 1. The number of nitrogens with zero attached hydrogens (tertiary/aromatic N) is 2.